The van der Waals surface area contributed by atoms with Crippen molar-refractivity contribution in [1.82, 2.24) is 14.5 Å². The summed E-state index contributed by atoms with van der Waals surface area (Å²) < 4.78 is 1.87. The number of imidazole rings is 1. The van der Waals surface area contributed by atoms with Crippen molar-refractivity contribution in [3.8, 4) is 5.75 Å². The molecule has 6 nitrogen and oxygen atoms in total. The molecular formula is C24H29N3O3. The number of aromatic nitrogens is 2. The van der Waals surface area contributed by atoms with Gasteiger partial charge in [0.05, 0.1) is 11.6 Å². The molecule has 30 heavy (non-hydrogen) atoms. The van der Waals surface area contributed by atoms with Gasteiger partial charge in [-0.15, -0.1) is 0 Å². The van der Waals surface area contributed by atoms with Gasteiger partial charge in [0.2, 0.25) is 0 Å². The summed E-state index contributed by atoms with van der Waals surface area (Å²) in [7, 11) is 5.26. The monoisotopic (exact) mass is 407 g/mol. The van der Waals surface area contributed by atoms with Crippen LogP contribution in [0.25, 0.3) is 11.0 Å². The van der Waals surface area contributed by atoms with Gasteiger partial charge in [-0.2, -0.15) is 0 Å². The van der Waals surface area contributed by atoms with Gasteiger partial charge >= 0.3 is 0 Å². The third-order valence-electron chi connectivity index (χ3n) is 6.16. The van der Waals surface area contributed by atoms with Crippen LogP contribution in [0.15, 0.2) is 30.3 Å². The van der Waals surface area contributed by atoms with Crippen LogP contribution >= 0.6 is 0 Å². The number of rotatable bonds is 6. The average Bonchev–Trinajstić information content (AvgIpc) is 3.53. The zero-order chi connectivity index (χ0) is 21.6. The Hall–Kier alpha value is -2.86. The molecule has 1 fully saturated rings. The zero-order valence-corrected chi connectivity index (χ0v) is 18.0. The standard InChI is InChI=1S/C24H29N3O3/c1-14-25-22-20(27(14)4)13-19(24(30)26(2)3)18(23(22)29)11-12-21(28)17-8-6-5-7-16(17)15-9-10-15/h5-8,13,15,21,28-29H,9-12H2,1-4H3/t21-/m1/s1. The third-order valence-corrected chi connectivity index (χ3v) is 6.16. The lowest BCUT2D eigenvalue weighted by atomic mass is 9.92. The number of hydrogen-bond acceptors (Lipinski definition) is 4. The molecule has 0 aliphatic heterocycles. The Morgan fingerprint density at radius 3 is 2.67 bits per heavy atom. The van der Waals surface area contributed by atoms with Gasteiger partial charge in [0.1, 0.15) is 17.1 Å². The van der Waals surface area contributed by atoms with Crippen LogP contribution < -0.4 is 0 Å². The first-order chi connectivity index (χ1) is 14.3. The van der Waals surface area contributed by atoms with Gasteiger partial charge in [-0.1, -0.05) is 24.3 Å². The Morgan fingerprint density at radius 2 is 2.00 bits per heavy atom. The van der Waals surface area contributed by atoms with Crippen LogP contribution in [0.4, 0.5) is 0 Å². The van der Waals surface area contributed by atoms with E-state index in [1.807, 2.05) is 36.7 Å². The highest BCUT2D eigenvalue weighted by Crippen LogP contribution is 2.43. The van der Waals surface area contributed by atoms with Crippen molar-refractivity contribution in [3.05, 3.63) is 58.4 Å². The maximum absolute atomic E-state index is 12.9. The summed E-state index contributed by atoms with van der Waals surface area (Å²) in [6.07, 6.45) is 2.49. The highest BCUT2D eigenvalue weighted by atomic mass is 16.3. The van der Waals surface area contributed by atoms with Crippen molar-refractivity contribution in [2.45, 2.75) is 44.6 Å². The van der Waals surface area contributed by atoms with E-state index in [9.17, 15) is 15.0 Å². The van der Waals surface area contributed by atoms with Crippen LogP contribution in [0.1, 0.15) is 64.2 Å². The minimum atomic E-state index is -0.648. The lowest BCUT2D eigenvalue weighted by Gasteiger charge is -2.19. The van der Waals surface area contributed by atoms with Crippen molar-refractivity contribution in [2.24, 2.45) is 7.05 Å². The fraction of sp³-hybridized carbons (Fsp3) is 0.417. The molecule has 0 unspecified atom stereocenters. The van der Waals surface area contributed by atoms with Gasteiger partial charge < -0.3 is 19.7 Å². The van der Waals surface area contributed by atoms with Crippen LogP contribution in [0.3, 0.4) is 0 Å². The summed E-state index contributed by atoms with van der Waals surface area (Å²) >= 11 is 0. The molecule has 2 aromatic carbocycles. The second-order valence-electron chi connectivity index (χ2n) is 8.49. The number of carbonyl (C=O) groups is 1. The van der Waals surface area contributed by atoms with Crippen molar-refractivity contribution >= 4 is 16.9 Å². The van der Waals surface area contributed by atoms with E-state index in [-0.39, 0.29) is 11.7 Å². The van der Waals surface area contributed by atoms with Crippen molar-refractivity contribution < 1.29 is 15.0 Å². The number of amides is 1. The second kappa shape index (κ2) is 7.76. The van der Waals surface area contributed by atoms with E-state index in [0.29, 0.717) is 35.4 Å². The normalized spacial score (nSPS) is 14.8. The third kappa shape index (κ3) is 3.56. The Kier molecular flexibility index (Phi) is 5.28. The highest BCUT2D eigenvalue weighted by molar-refractivity contribution is 6.01. The molecule has 0 radical (unpaired) electrons. The Labute approximate surface area is 176 Å². The summed E-state index contributed by atoms with van der Waals surface area (Å²) in [6.45, 7) is 1.87. The number of aryl methyl sites for hydroxylation is 2. The van der Waals surface area contributed by atoms with Gasteiger partial charge in [-0.05, 0) is 55.7 Å². The molecule has 6 heteroatoms. The number of aliphatic hydroxyl groups is 1. The van der Waals surface area contributed by atoms with Crippen LogP contribution in [0, 0.1) is 6.92 Å². The predicted octanol–water partition coefficient (Wildman–Crippen LogP) is 3.83. The number of phenolic OH excluding ortho intramolecular Hbond substituents is 1. The second-order valence-corrected chi connectivity index (χ2v) is 8.49. The molecule has 1 amide bonds. The van der Waals surface area contributed by atoms with E-state index in [0.717, 1.165) is 16.9 Å². The van der Waals surface area contributed by atoms with E-state index >= 15 is 0 Å². The lowest BCUT2D eigenvalue weighted by Crippen LogP contribution is -2.23. The first-order valence-corrected chi connectivity index (χ1v) is 10.5. The van der Waals surface area contributed by atoms with E-state index in [2.05, 4.69) is 11.1 Å². The quantitative estimate of drug-likeness (QED) is 0.651. The number of nitrogens with zero attached hydrogens (tertiary/aromatic N) is 3. The van der Waals surface area contributed by atoms with Gasteiger partial charge in [-0.25, -0.2) is 4.98 Å². The van der Waals surface area contributed by atoms with Crippen LogP contribution in [0.5, 0.6) is 5.75 Å². The summed E-state index contributed by atoms with van der Waals surface area (Å²) in [5, 5.41) is 21.9. The molecule has 0 spiro atoms. The van der Waals surface area contributed by atoms with Crippen LogP contribution in [0.2, 0.25) is 0 Å². The topological polar surface area (TPSA) is 78.6 Å². The summed E-state index contributed by atoms with van der Waals surface area (Å²) in [5.41, 5.74) is 4.38. The fourth-order valence-corrected chi connectivity index (χ4v) is 4.16. The maximum Gasteiger partial charge on any atom is 0.253 e. The Bertz CT molecular complexity index is 1110. The zero-order valence-electron chi connectivity index (χ0n) is 18.0. The molecular weight excluding hydrogens is 378 g/mol. The molecule has 3 aromatic rings. The van der Waals surface area contributed by atoms with Crippen molar-refractivity contribution in [1.29, 1.82) is 0 Å². The van der Waals surface area contributed by atoms with Gasteiger partial charge in [0.25, 0.3) is 5.91 Å². The SMILES string of the molecule is Cc1nc2c(O)c(CC[C@@H](O)c3ccccc3C3CC3)c(C(=O)N(C)C)cc2n1C. The fourth-order valence-electron chi connectivity index (χ4n) is 4.16. The minimum absolute atomic E-state index is 0.0316. The smallest absolute Gasteiger partial charge is 0.253 e. The Balaban J connectivity index is 1.70. The van der Waals surface area contributed by atoms with E-state index in [1.54, 1.807) is 20.2 Å². The van der Waals surface area contributed by atoms with Crippen molar-refractivity contribution in [3.63, 3.8) is 0 Å². The number of aliphatic hydroxyl groups excluding tert-OH is 1. The van der Waals surface area contributed by atoms with E-state index in [1.165, 1.54) is 23.3 Å². The summed E-state index contributed by atoms with van der Waals surface area (Å²) in [5.74, 6) is 1.17. The van der Waals surface area contributed by atoms with Gasteiger partial charge in [0, 0.05) is 32.3 Å². The molecule has 1 heterocycles. The lowest BCUT2D eigenvalue weighted by molar-refractivity contribution is 0.0825. The first-order valence-electron chi connectivity index (χ1n) is 10.5. The van der Waals surface area contributed by atoms with Gasteiger partial charge in [0.15, 0.2) is 0 Å². The van der Waals surface area contributed by atoms with Crippen LogP contribution in [-0.2, 0) is 13.5 Å². The molecule has 1 aromatic heterocycles. The van der Waals surface area contributed by atoms with Gasteiger partial charge in [-0.3, -0.25) is 4.79 Å². The number of fused-ring (bicyclic) bond motifs is 1. The Morgan fingerprint density at radius 1 is 1.30 bits per heavy atom. The predicted molar refractivity (Wildman–Crippen MR) is 117 cm³/mol. The average molecular weight is 408 g/mol. The molecule has 4 rings (SSSR count). The largest absolute Gasteiger partial charge is 0.505 e. The first kappa shape index (κ1) is 20.4. The summed E-state index contributed by atoms with van der Waals surface area (Å²) in [6, 6.07) is 9.84. The van der Waals surface area contributed by atoms with Crippen LogP contribution in [-0.4, -0.2) is 44.7 Å². The van der Waals surface area contributed by atoms with E-state index < -0.39 is 6.10 Å². The molecule has 1 atom stereocenters. The van der Waals surface area contributed by atoms with E-state index in [4.69, 9.17) is 0 Å². The molecule has 0 bridgehead atoms. The maximum atomic E-state index is 12.9. The molecule has 1 saturated carbocycles. The number of hydrogen-bond donors (Lipinski definition) is 2. The van der Waals surface area contributed by atoms with Crippen molar-refractivity contribution in [2.75, 3.05) is 14.1 Å². The highest BCUT2D eigenvalue weighted by Gasteiger charge is 2.28. The number of aromatic hydroxyl groups is 1. The molecule has 1 aliphatic rings. The number of carbonyl (C=O) groups excluding carboxylic acids is 1. The molecule has 1 aliphatic carbocycles. The number of benzene rings is 2. The molecule has 0 saturated heterocycles. The molecule has 158 valence electrons. The minimum Gasteiger partial charge on any atom is -0.505 e. The summed E-state index contributed by atoms with van der Waals surface area (Å²) in [4.78, 5) is 18.8. The number of phenols is 1. The molecule has 2 N–H and O–H groups in total.